The summed E-state index contributed by atoms with van der Waals surface area (Å²) in [5, 5.41) is 14.6. The number of ether oxygens (including phenoxy) is 1. The Kier molecular flexibility index (Phi) is 7.18. The lowest BCUT2D eigenvalue weighted by molar-refractivity contribution is -0.147. The number of carboxylic acids is 1. The molecule has 0 fully saturated rings. The summed E-state index contributed by atoms with van der Waals surface area (Å²) in [5.41, 5.74) is 3.21. The van der Waals surface area contributed by atoms with Crippen molar-refractivity contribution in [1.82, 2.24) is 10.6 Å². The van der Waals surface area contributed by atoms with Gasteiger partial charge in [0.15, 0.2) is 0 Å². The summed E-state index contributed by atoms with van der Waals surface area (Å²) in [6.45, 7) is 5.24. The molecule has 2 aromatic carbocycles. The van der Waals surface area contributed by atoms with Crippen LogP contribution in [0.1, 0.15) is 50.7 Å². The number of carbonyl (C=O) groups excluding carboxylic acids is 2. The van der Waals surface area contributed by atoms with Gasteiger partial charge < -0.3 is 20.5 Å². The van der Waals surface area contributed by atoms with Crippen LogP contribution in [0, 0.1) is 5.92 Å². The van der Waals surface area contributed by atoms with Crippen molar-refractivity contribution < 1.29 is 24.2 Å². The summed E-state index contributed by atoms with van der Waals surface area (Å²) in [6, 6.07) is 16.2. The normalized spacial score (nSPS) is 15.1. The van der Waals surface area contributed by atoms with E-state index in [0.717, 1.165) is 22.3 Å². The number of rotatable bonds is 9. The number of nitrogens with one attached hydrogen (secondary N) is 2. The second kappa shape index (κ2) is 9.85. The van der Waals surface area contributed by atoms with Crippen molar-refractivity contribution in [3.63, 3.8) is 0 Å². The van der Waals surface area contributed by atoms with Crippen LogP contribution in [0.25, 0.3) is 11.1 Å². The Bertz CT molecular complexity index is 960. The lowest BCUT2D eigenvalue weighted by atomic mass is 9.96. The van der Waals surface area contributed by atoms with E-state index in [9.17, 15) is 19.5 Å². The van der Waals surface area contributed by atoms with Crippen molar-refractivity contribution in [2.75, 3.05) is 13.2 Å². The van der Waals surface area contributed by atoms with Gasteiger partial charge in [-0.05, 0) is 42.0 Å². The van der Waals surface area contributed by atoms with Gasteiger partial charge in [-0.1, -0.05) is 62.4 Å². The van der Waals surface area contributed by atoms with Gasteiger partial charge in [0.2, 0.25) is 5.91 Å². The first-order chi connectivity index (χ1) is 15.3. The Balaban J connectivity index is 1.57. The Labute approximate surface area is 188 Å². The molecule has 0 saturated heterocycles. The highest BCUT2D eigenvalue weighted by Gasteiger charge is 2.35. The van der Waals surface area contributed by atoms with E-state index in [1.165, 1.54) is 6.92 Å². The number of amides is 2. The van der Waals surface area contributed by atoms with Crippen LogP contribution < -0.4 is 10.6 Å². The highest BCUT2D eigenvalue weighted by molar-refractivity contribution is 5.88. The van der Waals surface area contributed by atoms with Crippen LogP contribution in [0.15, 0.2) is 48.5 Å². The third-order valence-electron chi connectivity index (χ3n) is 6.28. The van der Waals surface area contributed by atoms with Gasteiger partial charge in [0.25, 0.3) is 0 Å². The first-order valence-electron chi connectivity index (χ1n) is 10.9. The van der Waals surface area contributed by atoms with Crippen LogP contribution in [-0.4, -0.2) is 41.8 Å². The molecule has 0 spiro atoms. The van der Waals surface area contributed by atoms with Crippen LogP contribution in [0.2, 0.25) is 0 Å². The fraction of sp³-hybridized carbons (Fsp3) is 0.400. The predicted octanol–water partition coefficient (Wildman–Crippen LogP) is 3.92. The average Bonchev–Trinajstić information content (AvgIpc) is 3.11. The maximum atomic E-state index is 12.5. The second-order valence-corrected chi connectivity index (χ2v) is 8.29. The molecule has 3 N–H and O–H groups in total. The monoisotopic (exact) mass is 438 g/mol. The highest BCUT2D eigenvalue weighted by Crippen LogP contribution is 2.44. The maximum Gasteiger partial charge on any atom is 0.407 e. The van der Waals surface area contributed by atoms with Gasteiger partial charge >= 0.3 is 12.1 Å². The van der Waals surface area contributed by atoms with E-state index in [0.29, 0.717) is 6.42 Å². The number of carbonyl (C=O) groups is 3. The van der Waals surface area contributed by atoms with Gasteiger partial charge in [-0.15, -0.1) is 0 Å². The maximum absolute atomic E-state index is 12.5. The SMILES string of the molecule is CCC(CNC(=O)OCC1c2ccccc2-c2ccccc21)C(=O)NC(C)(CC)C(=O)O. The number of hydrogen-bond donors (Lipinski definition) is 3. The summed E-state index contributed by atoms with van der Waals surface area (Å²) in [4.78, 5) is 36.3. The molecule has 0 saturated carbocycles. The minimum atomic E-state index is -1.34. The molecule has 0 heterocycles. The zero-order valence-electron chi connectivity index (χ0n) is 18.7. The number of fused-ring (bicyclic) bond motifs is 3. The summed E-state index contributed by atoms with van der Waals surface area (Å²) < 4.78 is 5.50. The zero-order chi connectivity index (χ0) is 23.3. The van der Waals surface area contributed by atoms with Crippen LogP contribution >= 0.6 is 0 Å². The van der Waals surface area contributed by atoms with E-state index in [1.54, 1.807) is 6.92 Å². The van der Waals surface area contributed by atoms with Gasteiger partial charge in [0.05, 0.1) is 5.92 Å². The molecule has 2 unspecified atom stereocenters. The molecule has 2 atom stereocenters. The van der Waals surface area contributed by atoms with Crippen LogP contribution in [0.5, 0.6) is 0 Å². The Hall–Kier alpha value is -3.35. The van der Waals surface area contributed by atoms with Crippen LogP contribution in [0.4, 0.5) is 4.79 Å². The minimum Gasteiger partial charge on any atom is -0.480 e. The van der Waals surface area contributed by atoms with E-state index in [2.05, 4.69) is 22.8 Å². The van der Waals surface area contributed by atoms with E-state index < -0.39 is 29.4 Å². The standard InChI is InChI=1S/C25H30N2O5/c1-4-16(22(28)27-25(3,5-2)23(29)30)14-26-24(31)32-15-21-19-12-8-6-10-17(19)18-11-7-9-13-20(18)21/h6-13,16,21H,4-5,14-15H2,1-3H3,(H,26,31)(H,27,28)(H,29,30). The molecule has 2 aromatic rings. The smallest absolute Gasteiger partial charge is 0.407 e. The molecule has 0 radical (unpaired) electrons. The average molecular weight is 439 g/mol. The fourth-order valence-electron chi connectivity index (χ4n) is 3.95. The van der Waals surface area contributed by atoms with Gasteiger partial charge in [0.1, 0.15) is 12.1 Å². The first-order valence-corrected chi connectivity index (χ1v) is 10.9. The molecule has 3 rings (SSSR count). The Morgan fingerprint density at radius 1 is 1.03 bits per heavy atom. The van der Waals surface area contributed by atoms with Crippen molar-refractivity contribution in [1.29, 1.82) is 0 Å². The molecule has 1 aliphatic rings. The number of carboxylic acid groups (broad SMARTS) is 1. The fourth-order valence-corrected chi connectivity index (χ4v) is 3.95. The third-order valence-corrected chi connectivity index (χ3v) is 6.28. The molecule has 0 bridgehead atoms. The lowest BCUT2D eigenvalue weighted by Gasteiger charge is -2.27. The van der Waals surface area contributed by atoms with Gasteiger partial charge in [-0.3, -0.25) is 4.79 Å². The largest absolute Gasteiger partial charge is 0.480 e. The van der Waals surface area contributed by atoms with Crippen molar-refractivity contribution in [2.45, 2.75) is 45.1 Å². The predicted molar refractivity (Wildman–Crippen MR) is 121 cm³/mol. The van der Waals surface area contributed by atoms with Crippen molar-refractivity contribution in [3.05, 3.63) is 59.7 Å². The van der Waals surface area contributed by atoms with Gasteiger partial charge in [-0.2, -0.15) is 0 Å². The summed E-state index contributed by atoms with van der Waals surface area (Å²) >= 11 is 0. The topological polar surface area (TPSA) is 105 Å². The van der Waals surface area contributed by atoms with E-state index in [-0.39, 0.29) is 25.5 Å². The molecule has 32 heavy (non-hydrogen) atoms. The van der Waals surface area contributed by atoms with Gasteiger partial charge in [-0.25, -0.2) is 9.59 Å². The second-order valence-electron chi connectivity index (χ2n) is 8.29. The van der Waals surface area contributed by atoms with Crippen LogP contribution in [0.3, 0.4) is 0 Å². The van der Waals surface area contributed by atoms with Crippen molar-refractivity contribution >= 4 is 18.0 Å². The van der Waals surface area contributed by atoms with Crippen molar-refractivity contribution in [3.8, 4) is 11.1 Å². The number of hydrogen-bond acceptors (Lipinski definition) is 4. The molecule has 7 heteroatoms. The molecular weight excluding hydrogens is 408 g/mol. The molecule has 7 nitrogen and oxygen atoms in total. The summed E-state index contributed by atoms with van der Waals surface area (Å²) in [6.07, 6.45) is 0.105. The molecule has 170 valence electrons. The first kappa shape index (κ1) is 23.3. The third kappa shape index (κ3) is 4.77. The van der Waals surface area contributed by atoms with Gasteiger partial charge in [0, 0.05) is 12.5 Å². The molecular formula is C25H30N2O5. The quantitative estimate of drug-likeness (QED) is 0.550. The Morgan fingerprint density at radius 2 is 1.59 bits per heavy atom. The Morgan fingerprint density at radius 3 is 2.09 bits per heavy atom. The van der Waals surface area contributed by atoms with E-state index in [4.69, 9.17) is 4.74 Å². The van der Waals surface area contributed by atoms with E-state index in [1.807, 2.05) is 43.3 Å². The number of aliphatic carboxylic acids is 1. The minimum absolute atomic E-state index is 0.0424. The molecule has 1 aliphatic carbocycles. The van der Waals surface area contributed by atoms with E-state index >= 15 is 0 Å². The summed E-state index contributed by atoms with van der Waals surface area (Å²) in [7, 11) is 0. The lowest BCUT2D eigenvalue weighted by Crippen LogP contribution is -2.54. The van der Waals surface area contributed by atoms with Crippen molar-refractivity contribution in [2.24, 2.45) is 5.92 Å². The number of alkyl carbamates (subject to hydrolysis) is 1. The molecule has 0 aliphatic heterocycles. The zero-order valence-corrected chi connectivity index (χ0v) is 18.7. The van der Waals surface area contributed by atoms with Crippen LogP contribution in [-0.2, 0) is 14.3 Å². The summed E-state index contributed by atoms with van der Waals surface area (Å²) in [5.74, 6) is -2.09. The molecule has 0 aromatic heterocycles. The number of benzene rings is 2. The highest BCUT2D eigenvalue weighted by atomic mass is 16.5. The molecule has 2 amide bonds.